The second-order valence-electron chi connectivity index (χ2n) is 17.9. The van der Waals surface area contributed by atoms with Gasteiger partial charge in [-0.1, -0.05) is 231 Å². The van der Waals surface area contributed by atoms with E-state index < -0.39 is 0 Å². The van der Waals surface area contributed by atoms with Crippen molar-refractivity contribution in [3.63, 3.8) is 0 Å². The molecule has 59 heavy (non-hydrogen) atoms. The molecule has 3 heteroatoms. The molecule has 0 radical (unpaired) electrons. The molecule has 0 N–H and O–H groups in total. The van der Waals surface area contributed by atoms with E-state index in [1.54, 1.807) is 14.4 Å². The zero-order valence-corrected chi connectivity index (χ0v) is 40.6. The van der Waals surface area contributed by atoms with Gasteiger partial charge in [0, 0.05) is 22.8 Å². The van der Waals surface area contributed by atoms with Gasteiger partial charge in [0.1, 0.15) is 0 Å². The van der Waals surface area contributed by atoms with Crippen molar-refractivity contribution in [1.82, 2.24) is 0 Å². The molecule has 3 rings (SSSR count). The Morgan fingerprint density at radius 1 is 0.407 bits per heavy atom. The van der Waals surface area contributed by atoms with Crippen molar-refractivity contribution in [2.24, 2.45) is 0 Å². The number of unbranched alkanes of at least 4 members (excludes halogenated alkanes) is 29. The summed E-state index contributed by atoms with van der Waals surface area (Å²) >= 11 is 1.62. The van der Waals surface area contributed by atoms with Crippen LogP contribution in [0.15, 0.2) is 60.2 Å². The monoisotopic (exact) mass is 853 g/mol. The fourth-order valence-corrected chi connectivity index (χ4v) is 8.78. The van der Waals surface area contributed by atoms with Crippen LogP contribution in [0, 0.1) is 0 Å². The standard InChI is InChI=1S/C54H88N2.2CH3.Ni/c1-4-7-10-12-14-16-18-20-22-24-26-28-30-32-34-38-48-40-36-43-50(45-48)53-47-52(42-9-6-3)54(56(53)55)51-44-37-41-49(46-51)39-35-33-31-29-27-25-23-21-19-17-15-13-11-8-5-2;;;/h36-37,40-41,43-47H,4-35,38-39,42H2,1-3H3;2*1H3;. The second kappa shape index (κ2) is 37.7. The summed E-state index contributed by atoms with van der Waals surface area (Å²) in [6.45, 7) is 6.86. The normalized spacial score (nSPS) is 12.7. The summed E-state index contributed by atoms with van der Waals surface area (Å²) in [7, 11) is 0. The van der Waals surface area contributed by atoms with Crippen LogP contribution in [0.1, 0.15) is 255 Å². The van der Waals surface area contributed by atoms with Crippen LogP contribution in [0.4, 0.5) is 0 Å². The molecule has 338 valence electrons. The molecule has 2 aromatic carbocycles. The average Bonchev–Trinajstić information content (AvgIpc) is 3.58. The van der Waals surface area contributed by atoms with Crippen molar-refractivity contribution in [3.8, 4) is 0 Å². The summed E-state index contributed by atoms with van der Waals surface area (Å²) in [5, 5.41) is 0. The van der Waals surface area contributed by atoms with Crippen molar-refractivity contribution in [1.29, 1.82) is 0 Å². The van der Waals surface area contributed by atoms with Crippen LogP contribution < -0.4 is 0 Å². The number of aryl methyl sites for hydroxylation is 2. The molecule has 0 amide bonds. The molecule has 0 atom stereocenters. The molecule has 0 aromatic heterocycles. The van der Waals surface area contributed by atoms with Gasteiger partial charge < -0.3 is 5.53 Å². The Hall–Kier alpha value is -1.99. The van der Waals surface area contributed by atoms with E-state index in [0.717, 1.165) is 54.6 Å². The summed E-state index contributed by atoms with van der Waals surface area (Å²) in [6, 6.07) is 18.0. The van der Waals surface area contributed by atoms with E-state index in [1.807, 2.05) is 0 Å². The number of rotatable bonds is 37. The summed E-state index contributed by atoms with van der Waals surface area (Å²) in [5.74, 6) is 4.12. The Labute approximate surface area is 374 Å². The van der Waals surface area contributed by atoms with Crippen LogP contribution in [0.25, 0.3) is 16.9 Å². The van der Waals surface area contributed by atoms with E-state index in [-0.39, 0.29) is 0 Å². The molecule has 2 nitrogen and oxygen atoms in total. The third kappa shape index (κ3) is 25.5. The maximum absolute atomic E-state index is 11.7. The Morgan fingerprint density at radius 3 is 1.10 bits per heavy atom. The van der Waals surface area contributed by atoms with E-state index in [2.05, 4.69) is 87.2 Å². The molecule has 0 unspecified atom stereocenters. The first-order chi connectivity index (χ1) is 29.1. The SMILES string of the molecule is CCCCCCCCCCCCCCCCCc1cccc(C2=CC(CCCC)=C(c3cccc(CCCCCCCCCCCCCCCCC)c3)[N+]2=[N-])c1.[CH3][Ni][CH3]. The average molecular weight is 854 g/mol. The third-order valence-electron chi connectivity index (χ3n) is 12.4. The molecule has 0 fully saturated rings. The van der Waals surface area contributed by atoms with E-state index in [9.17, 15) is 5.53 Å². The fraction of sp³-hybridized carbons (Fsp3) is 0.714. The summed E-state index contributed by atoms with van der Waals surface area (Å²) in [4.78, 5) is 0. The van der Waals surface area contributed by atoms with E-state index in [4.69, 9.17) is 0 Å². The van der Waals surface area contributed by atoms with Gasteiger partial charge in [-0.25, -0.2) is 4.70 Å². The molecule has 0 saturated heterocycles. The number of benzene rings is 2. The van der Waals surface area contributed by atoms with Gasteiger partial charge >= 0.3 is 26.2 Å². The van der Waals surface area contributed by atoms with Gasteiger partial charge in [-0.15, -0.1) is 0 Å². The van der Waals surface area contributed by atoms with Gasteiger partial charge in [-0.2, -0.15) is 0 Å². The first-order valence-electron chi connectivity index (χ1n) is 25.4. The first kappa shape index (κ1) is 53.2. The minimum atomic E-state index is 0.928. The summed E-state index contributed by atoms with van der Waals surface area (Å²) < 4.78 is 1.50. The molecule has 2 aromatic rings. The van der Waals surface area contributed by atoms with Crippen molar-refractivity contribution < 1.29 is 19.1 Å². The molecular formula is C56H94N2Ni. The van der Waals surface area contributed by atoms with Crippen molar-refractivity contribution in [2.45, 2.75) is 257 Å². The summed E-state index contributed by atoms with van der Waals surface area (Å²) in [5.41, 5.74) is 20.0. The quantitative estimate of drug-likeness (QED) is 0.0368. The Balaban J connectivity index is 0.00000387. The molecule has 1 aliphatic rings. The Bertz CT molecular complexity index is 1370. The molecule has 1 heterocycles. The molecule has 0 bridgehead atoms. The molecule has 0 saturated carbocycles. The van der Waals surface area contributed by atoms with Gasteiger partial charge in [0.2, 0.25) is 11.4 Å². The third-order valence-corrected chi connectivity index (χ3v) is 12.4. The number of hydrogen-bond donors (Lipinski definition) is 0. The van der Waals surface area contributed by atoms with Crippen LogP contribution in [0.3, 0.4) is 0 Å². The molecule has 0 aliphatic carbocycles. The fourth-order valence-electron chi connectivity index (χ4n) is 8.78. The number of nitrogens with zero attached hydrogens (tertiary/aromatic N) is 2. The van der Waals surface area contributed by atoms with Crippen LogP contribution in [0.5, 0.6) is 0 Å². The first-order valence-corrected chi connectivity index (χ1v) is 27.4. The second-order valence-corrected chi connectivity index (χ2v) is 18.9. The number of allylic oxidation sites excluding steroid dienone is 2. The maximum atomic E-state index is 11.7. The predicted molar refractivity (Wildman–Crippen MR) is 260 cm³/mol. The molecular weight excluding hydrogens is 759 g/mol. The van der Waals surface area contributed by atoms with Crippen LogP contribution in [-0.2, 0) is 27.3 Å². The topological polar surface area (TPSA) is 25.3 Å². The predicted octanol–water partition coefficient (Wildman–Crippen LogP) is 19.7. The minimum absolute atomic E-state index is 0.928. The van der Waals surface area contributed by atoms with Crippen LogP contribution in [-0.4, -0.2) is 4.70 Å². The molecule has 0 spiro atoms. The van der Waals surface area contributed by atoms with Crippen molar-refractivity contribution in [3.05, 3.63) is 88.0 Å². The number of hydrogen-bond acceptors (Lipinski definition) is 0. The summed E-state index contributed by atoms with van der Waals surface area (Å²) in [6.07, 6.45) is 49.8. The van der Waals surface area contributed by atoms with Crippen LogP contribution >= 0.6 is 0 Å². The van der Waals surface area contributed by atoms with Gasteiger partial charge in [0.15, 0.2) is 0 Å². The van der Waals surface area contributed by atoms with Gasteiger partial charge in [-0.05, 0) is 73.9 Å². The Kier molecular flexibility index (Phi) is 34.0. The van der Waals surface area contributed by atoms with Crippen LogP contribution in [0.2, 0.25) is 11.8 Å². The van der Waals surface area contributed by atoms with E-state index >= 15 is 0 Å². The Morgan fingerprint density at radius 2 is 0.729 bits per heavy atom. The van der Waals surface area contributed by atoms with E-state index in [0.29, 0.717) is 0 Å². The van der Waals surface area contributed by atoms with E-state index in [1.165, 1.54) is 214 Å². The van der Waals surface area contributed by atoms with Crippen molar-refractivity contribution >= 4 is 11.4 Å². The van der Waals surface area contributed by atoms with Gasteiger partial charge in [0.05, 0.1) is 0 Å². The zero-order chi connectivity index (χ0) is 42.4. The van der Waals surface area contributed by atoms with Crippen molar-refractivity contribution in [2.75, 3.05) is 0 Å². The van der Waals surface area contributed by atoms with Gasteiger partial charge in [-0.3, -0.25) is 0 Å². The molecule has 1 aliphatic heterocycles. The van der Waals surface area contributed by atoms with Gasteiger partial charge in [0.25, 0.3) is 0 Å². The zero-order valence-electron chi connectivity index (χ0n) is 39.7.